The summed E-state index contributed by atoms with van der Waals surface area (Å²) in [6.45, 7) is 1.00. The maximum atomic E-state index is 10.8. The molecule has 2 aliphatic carbocycles. The molecule has 0 amide bonds. The lowest BCUT2D eigenvalue weighted by Crippen LogP contribution is -2.38. The first kappa shape index (κ1) is 13.3. The smallest absolute Gasteiger partial charge is 0.289 e. The van der Waals surface area contributed by atoms with Crippen molar-refractivity contribution in [3.8, 4) is 0 Å². The molecule has 21 heavy (non-hydrogen) atoms. The van der Waals surface area contributed by atoms with Crippen molar-refractivity contribution in [1.29, 1.82) is 0 Å². The monoisotopic (exact) mass is 307 g/mol. The molecular formula is C15H18ClN3O2. The van der Waals surface area contributed by atoms with Gasteiger partial charge in [0.05, 0.1) is 9.95 Å². The fourth-order valence-electron chi connectivity index (χ4n) is 4.78. The Morgan fingerprint density at radius 3 is 2.48 bits per heavy atom. The minimum absolute atomic E-state index is 0.0376. The van der Waals surface area contributed by atoms with E-state index in [-0.39, 0.29) is 5.69 Å². The van der Waals surface area contributed by atoms with E-state index in [0.29, 0.717) is 11.1 Å². The fourth-order valence-corrected chi connectivity index (χ4v) is 5.04. The highest BCUT2D eigenvalue weighted by atomic mass is 35.5. The van der Waals surface area contributed by atoms with Gasteiger partial charge < -0.3 is 4.90 Å². The predicted octanol–water partition coefficient (Wildman–Crippen LogP) is 3.66. The Hall–Kier alpha value is -1.36. The first-order chi connectivity index (χ1) is 10.1. The van der Waals surface area contributed by atoms with Crippen LogP contribution in [0, 0.1) is 27.9 Å². The molecule has 2 atom stereocenters. The van der Waals surface area contributed by atoms with Crippen LogP contribution in [0.15, 0.2) is 12.3 Å². The molecule has 4 aliphatic rings. The van der Waals surface area contributed by atoms with Crippen LogP contribution in [0.4, 0.5) is 11.5 Å². The number of halogens is 1. The van der Waals surface area contributed by atoms with Gasteiger partial charge in [-0.2, -0.15) is 0 Å². The molecule has 4 bridgehead atoms. The van der Waals surface area contributed by atoms with Crippen molar-refractivity contribution in [2.75, 3.05) is 11.4 Å². The summed E-state index contributed by atoms with van der Waals surface area (Å²) >= 11 is 6.29. The van der Waals surface area contributed by atoms with Crippen LogP contribution in [0.25, 0.3) is 0 Å². The third-order valence-corrected chi connectivity index (χ3v) is 5.67. The summed E-state index contributed by atoms with van der Waals surface area (Å²) in [7, 11) is 0. The molecule has 2 saturated carbocycles. The Bertz CT molecular complexity index is 580. The molecule has 2 unspecified atom stereocenters. The molecule has 1 aromatic rings. The second-order valence-corrected chi connectivity index (χ2v) is 7.25. The summed E-state index contributed by atoms with van der Waals surface area (Å²) in [6, 6.07) is 1.94. The summed E-state index contributed by atoms with van der Waals surface area (Å²) in [5.41, 5.74) is -0.0376. The van der Waals surface area contributed by atoms with E-state index in [2.05, 4.69) is 9.88 Å². The van der Waals surface area contributed by atoms with Gasteiger partial charge in [-0.1, -0.05) is 11.6 Å². The molecule has 0 spiro atoms. The molecule has 0 N–H and O–H groups in total. The first-order valence-corrected chi connectivity index (χ1v) is 8.04. The van der Waals surface area contributed by atoms with Gasteiger partial charge in [0.25, 0.3) is 5.69 Å². The van der Waals surface area contributed by atoms with Crippen molar-refractivity contribution in [3.05, 3.63) is 27.4 Å². The lowest BCUT2D eigenvalue weighted by Gasteiger charge is -2.39. The highest BCUT2D eigenvalue weighted by Crippen LogP contribution is 2.49. The Labute approximate surface area is 128 Å². The third kappa shape index (κ3) is 2.27. The molecule has 2 saturated heterocycles. The number of pyridine rings is 1. The van der Waals surface area contributed by atoms with Gasteiger partial charge in [0.2, 0.25) is 0 Å². The highest BCUT2D eigenvalue weighted by Gasteiger charge is 2.43. The second-order valence-electron chi connectivity index (χ2n) is 6.84. The van der Waals surface area contributed by atoms with E-state index in [1.54, 1.807) is 0 Å². The minimum Gasteiger partial charge on any atom is -0.352 e. The quantitative estimate of drug-likeness (QED) is 0.618. The number of rotatable bonds is 2. The topological polar surface area (TPSA) is 59.3 Å². The van der Waals surface area contributed by atoms with E-state index >= 15 is 0 Å². The van der Waals surface area contributed by atoms with Crippen LogP contribution in [0.1, 0.15) is 32.1 Å². The number of nitrogens with zero attached hydrogens (tertiary/aromatic N) is 3. The van der Waals surface area contributed by atoms with E-state index < -0.39 is 4.92 Å². The first-order valence-electron chi connectivity index (χ1n) is 7.66. The number of nitro groups is 1. The predicted molar refractivity (Wildman–Crippen MR) is 80.6 cm³/mol. The van der Waals surface area contributed by atoms with Crippen molar-refractivity contribution in [2.45, 2.75) is 38.1 Å². The van der Waals surface area contributed by atoms with Gasteiger partial charge in [-0.05, 0) is 49.9 Å². The van der Waals surface area contributed by atoms with Gasteiger partial charge in [-0.3, -0.25) is 10.1 Å². The van der Waals surface area contributed by atoms with E-state index in [0.717, 1.165) is 30.1 Å². The van der Waals surface area contributed by atoms with Crippen molar-refractivity contribution in [1.82, 2.24) is 4.98 Å². The van der Waals surface area contributed by atoms with Gasteiger partial charge in [-0.25, -0.2) is 4.98 Å². The molecule has 5 nitrogen and oxygen atoms in total. The lowest BCUT2D eigenvalue weighted by atomic mass is 9.68. The lowest BCUT2D eigenvalue weighted by molar-refractivity contribution is -0.385. The minimum atomic E-state index is -0.446. The van der Waals surface area contributed by atoms with E-state index in [1.807, 2.05) is 0 Å². The zero-order valence-electron chi connectivity index (χ0n) is 11.7. The number of hydrogen-bond donors (Lipinski definition) is 0. The van der Waals surface area contributed by atoms with Crippen molar-refractivity contribution in [3.63, 3.8) is 0 Å². The molecule has 6 heteroatoms. The van der Waals surface area contributed by atoms with Crippen LogP contribution in [0.5, 0.6) is 0 Å². The average Bonchev–Trinajstić information content (AvgIpc) is 2.62. The second kappa shape index (κ2) is 4.83. The van der Waals surface area contributed by atoms with Crippen LogP contribution in [0.2, 0.25) is 5.02 Å². The van der Waals surface area contributed by atoms with E-state index in [4.69, 9.17) is 11.6 Å². The molecule has 0 radical (unpaired) electrons. The molecule has 0 aromatic carbocycles. The Morgan fingerprint density at radius 1 is 1.19 bits per heavy atom. The molecular weight excluding hydrogens is 290 g/mol. The summed E-state index contributed by atoms with van der Waals surface area (Å²) in [4.78, 5) is 17.0. The van der Waals surface area contributed by atoms with Gasteiger partial charge in [0.1, 0.15) is 12.0 Å². The van der Waals surface area contributed by atoms with Crippen LogP contribution in [-0.2, 0) is 0 Å². The molecule has 5 rings (SSSR count). The van der Waals surface area contributed by atoms with Crippen molar-refractivity contribution in [2.24, 2.45) is 17.8 Å². The molecule has 3 heterocycles. The fraction of sp³-hybridized carbons (Fsp3) is 0.667. The van der Waals surface area contributed by atoms with Gasteiger partial charge in [0, 0.05) is 18.7 Å². The zero-order chi connectivity index (χ0) is 14.6. The van der Waals surface area contributed by atoms with Crippen LogP contribution < -0.4 is 4.90 Å². The number of fused-ring (bicyclic) bond motifs is 1. The van der Waals surface area contributed by atoms with Crippen LogP contribution in [-0.4, -0.2) is 22.5 Å². The van der Waals surface area contributed by atoms with E-state index in [1.165, 1.54) is 44.4 Å². The van der Waals surface area contributed by atoms with Crippen molar-refractivity contribution < 1.29 is 4.92 Å². The summed E-state index contributed by atoms with van der Waals surface area (Å²) < 4.78 is 0. The van der Waals surface area contributed by atoms with Crippen LogP contribution in [0.3, 0.4) is 0 Å². The summed E-state index contributed by atoms with van der Waals surface area (Å²) in [5.74, 6) is 3.18. The average molecular weight is 308 g/mol. The Balaban J connectivity index is 1.68. The van der Waals surface area contributed by atoms with Gasteiger partial charge in [-0.15, -0.1) is 0 Å². The Morgan fingerprint density at radius 2 is 1.86 bits per heavy atom. The maximum Gasteiger partial charge on any atom is 0.289 e. The van der Waals surface area contributed by atoms with E-state index in [9.17, 15) is 10.1 Å². The largest absolute Gasteiger partial charge is 0.352 e. The molecule has 112 valence electrons. The third-order valence-electron chi connectivity index (χ3n) is 5.40. The highest BCUT2D eigenvalue weighted by molar-refractivity contribution is 6.33. The molecule has 4 fully saturated rings. The zero-order valence-corrected chi connectivity index (χ0v) is 12.5. The maximum absolute atomic E-state index is 10.8. The van der Waals surface area contributed by atoms with Crippen LogP contribution >= 0.6 is 11.6 Å². The Kier molecular flexibility index (Phi) is 3.06. The number of aromatic nitrogens is 1. The standard InChI is InChI=1S/C15H18ClN3O2/c16-14-6-13(19(20)21)7-17-15(14)18-8-11-2-9-1-10(3-11)5-12(18)4-9/h6-7,9-12H,1-5,8H2. The van der Waals surface area contributed by atoms with Gasteiger partial charge >= 0.3 is 0 Å². The summed E-state index contributed by atoms with van der Waals surface area (Å²) in [5, 5.41) is 11.2. The van der Waals surface area contributed by atoms with Gasteiger partial charge in [0.15, 0.2) is 0 Å². The normalized spacial score (nSPS) is 34.0. The molecule has 1 aromatic heterocycles. The van der Waals surface area contributed by atoms with Crippen molar-refractivity contribution >= 4 is 23.1 Å². The SMILES string of the molecule is O=[N+]([O-])c1cnc(N2CC3CC4CC(C3)CC2C4)c(Cl)c1. The summed E-state index contributed by atoms with van der Waals surface area (Å²) in [6.07, 6.45) is 7.82. The number of hydrogen-bond acceptors (Lipinski definition) is 4. The molecule has 2 aliphatic heterocycles. The number of anilines is 1.